The number of fused-ring (bicyclic) bond motifs is 1. The average Bonchev–Trinajstić information content (AvgIpc) is 3.70. The van der Waals surface area contributed by atoms with Gasteiger partial charge < -0.3 is 4.90 Å². The van der Waals surface area contributed by atoms with E-state index in [1.165, 1.54) is 12.8 Å². The molecular formula is C23H24ClN5O. The molecule has 30 heavy (non-hydrogen) atoms. The Morgan fingerprint density at radius 2 is 1.83 bits per heavy atom. The maximum atomic E-state index is 13.0. The smallest absolute Gasteiger partial charge is 0.244 e. The lowest BCUT2D eigenvalue weighted by atomic mass is 10.0. The van der Waals surface area contributed by atoms with Crippen molar-refractivity contribution < 1.29 is 4.79 Å². The number of amides is 1. The van der Waals surface area contributed by atoms with Crippen LogP contribution in [0.5, 0.6) is 0 Å². The Morgan fingerprint density at radius 1 is 1.03 bits per heavy atom. The predicted octanol–water partition coefficient (Wildman–Crippen LogP) is 4.28. The van der Waals surface area contributed by atoms with Crippen LogP contribution in [0.4, 0.5) is 0 Å². The third-order valence-electron chi connectivity index (χ3n) is 6.79. The van der Waals surface area contributed by atoms with E-state index in [1.807, 2.05) is 35.2 Å². The molecule has 0 N–H and O–H groups in total. The molecule has 1 aromatic carbocycles. The number of nitrogens with zero attached hydrogens (tertiary/aromatic N) is 5. The second kappa shape index (κ2) is 7.05. The highest BCUT2D eigenvalue weighted by Crippen LogP contribution is 2.45. The lowest BCUT2D eigenvalue weighted by molar-refractivity contribution is -0.131. The highest BCUT2D eigenvalue weighted by Gasteiger charge is 2.38. The van der Waals surface area contributed by atoms with Crippen LogP contribution in [0.25, 0.3) is 22.3 Å². The monoisotopic (exact) mass is 421 g/mol. The van der Waals surface area contributed by atoms with E-state index < -0.39 is 0 Å². The van der Waals surface area contributed by atoms with Gasteiger partial charge in [0.15, 0.2) is 5.65 Å². The summed E-state index contributed by atoms with van der Waals surface area (Å²) in [4.78, 5) is 15.0. The van der Waals surface area contributed by atoms with Gasteiger partial charge in [-0.1, -0.05) is 41.9 Å². The van der Waals surface area contributed by atoms with E-state index in [1.54, 1.807) is 4.68 Å². The molecule has 0 radical (unpaired) electrons. The minimum absolute atomic E-state index is 0.120. The third-order valence-corrected chi connectivity index (χ3v) is 7.16. The van der Waals surface area contributed by atoms with Crippen molar-refractivity contribution in [3.05, 3.63) is 41.0 Å². The van der Waals surface area contributed by atoms with Crippen LogP contribution in [0.15, 0.2) is 30.3 Å². The molecule has 1 atom stereocenters. The number of aromatic nitrogens is 4. The quantitative estimate of drug-likeness (QED) is 0.616. The van der Waals surface area contributed by atoms with Crippen molar-refractivity contribution in [1.29, 1.82) is 0 Å². The molecule has 3 heterocycles. The minimum atomic E-state index is 0.120. The topological polar surface area (TPSA) is 63.9 Å². The van der Waals surface area contributed by atoms with E-state index in [0.29, 0.717) is 28.2 Å². The van der Waals surface area contributed by atoms with Gasteiger partial charge in [0.25, 0.3) is 0 Å². The maximum Gasteiger partial charge on any atom is 0.244 e. The van der Waals surface area contributed by atoms with Gasteiger partial charge in [0.1, 0.15) is 12.2 Å². The Labute approximate surface area is 180 Å². The number of carbonyl (C=O) groups excluding carboxylic acids is 1. The fourth-order valence-corrected chi connectivity index (χ4v) is 5.10. The molecule has 1 unspecified atom stereocenters. The number of rotatable bonds is 5. The van der Waals surface area contributed by atoms with Crippen LogP contribution in [0.1, 0.15) is 43.7 Å². The van der Waals surface area contributed by atoms with Crippen molar-refractivity contribution in [2.24, 2.45) is 11.8 Å². The standard InChI is InChI=1S/C23H24ClN5O/c24-20-19-21(16-8-9-16)27-29(13-18(30)28-11-10-17(12-28)14-6-7-14)23(19)26-25-22(20)15-4-2-1-3-5-15/h1-5,14,16-17H,6-13H2. The summed E-state index contributed by atoms with van der Waals surface area (Å²) in [5.74, 6) is 2.05. The molecule has 3 aliphatic rings. The fraction of sp³-hybridized carbons (Fsp3) is 0.478. The molecule has 7 heteroatoms. The van der Waals surface area contributed by atoms with Crippen molar-refractivity contribution in [1.82, 2.24) is 24.9 Å². The number of likely N-dealkylation sites (tertiary alicyclic amines) is 1. The SMILES string of the molecule is O=C(Cn1nc(C2CC2)c2c(Cl)c(-c3ccccc3)nnc21)N1CCC(C2CC2)C1. The summed E-state index contributed by atoms with van der Waals surface area (Å²) in [6.45, 7) is 1.96. The first-order valence-electron chi connectivity index (χ1n) is 10.9. The predicted molar refractivity (Wildman–Crippen MR) is 115 cm³/mol. The Balaban J connectivity index is 1.34. The van der Waals surface area contributed by atoms with Crippen LogP contribution in [-0.2, 0) is 11.3 Å². The van der Waals surface area contributed by atoms with Crippen LogP contribution in [-0.4, -0.2) is 43.9 Å². The second-order valence-corrected chi connectivity index (χ2v) is 9.35. The Bertz CT molecular complexity index is 1120. The molecule has 2 saturated carbocycles. The van der Waals surface area contributed by atoms with Crippen LogP contribution < -0.4 is 0 Å². The van der Waals surface area contributed by atoms with Gasteiger partial charge in [0.05, 0.1) is 16.1 Å². The highest BCUT2D eigenvalue weighted by molar-refractivity contribution is 6.37. The summed E-state index contributed by atoms with van der Waals surface area (Å²) in [6, 6.07) is 9.86. The second-order valence-electron chi connectivity index (χ2n) is 8.97. The molecule has 0 bridgehead atoms. The molecule has 0 spiro atoms. The fourth-order valence-electron chi connectivity index (χ4n) is 4.77. The summed E-state index contributed by atoms with van der Waals surface area (Å²) in [6.07, 6.45) is 6.01. The van der Waals surface area contributed by atoms with Crippen molar-refractivity contribution in [3.63, 3.8) is 0 Å². The van der Waals surface area contributed by atoms with E-state index in [9.17, 15) is 4.79 Å². The summed E-state index contributed by atoms with van der Waals surface area (Å²) >= 11 is 6.84. The Morgan fingerprint density at radius 3 is 2.57 bits per heavy atom. The molecule has 154 valence electrons. The summed E-state index contributed by atoms with van der Waals surface area (Å²) < 4.78 is 1.73. The van der Waals surface area contributed by atoms with Gasteiger partial charge in [-0.05, 0) is 43.9 Å². The molecule has 3 fully saturated rings. The summed E-state index contributed by atoms with van der Waals surface area (Å²) in [5, 5.41) is 15.1. The molecule has 3 aromatic rings. The number of carbonyl (C=O) groups is 1. The van der Waals surface area contributed by atoms with Gasteiger partial charge in [-0.2, -0.15) is 5.10 Å². The van der Waals surface area contributed by atoms with Gasteiger partial charge in [0.2, 0.25) is 5.91 Å². The summed E-state index contributed by atoms with van der Waals surface area (Å²) in [5.41, 5.74) is 3.19. The van der Waals surface area contributed by atoms with Crippen LogP contribution in [0, 0.1) is 11.8 Å². The van der Waals surface area contributed by atoms with Gasteiger partial charge in [0, 0.05) is 24.6 Å². The molecule has 1 amide bonds. The molecule has 6 nitrogen and oxygen atoms in total. The van der Waals surface area contributed by atoms with Crippen molar-refractivity contribution in [2.75, 3.05) is 13.1 Å². The normalized spacial score (nSPS) is 21.5. The first-order valence-corrected chi connectivity index (χ1v) is 11.3. The first-order chi connectivity index (χ1) is 14.7. The van der Waals surface area contributed by atoms with Crippen LogP contribution in [0.3, 0.4) is 0 Å². The van der Waals surface area contributed by atoms with Crippen LogP contribution >= 0.6 is 11.6 Å². The zero-order valence-corrected chi connectivity index (χ0v) is 17.6. The van der Waals surface area contributed by atoms with Gasteiger partial charge in [-0.15, -0.1) is 10.2 Å². The van der Waals surface area contributed by atoms with E-state index in [-0.39, 0.29) is 12.5 Å². The average molecular weight is 422 g/mol. The van der Waals surface area contributed by atoms with E-state index in [4.69, 9.17) is 16.7 Å². The maximum absolute atomic E-state index is 13.0. The molecule has 1 aliphatic heterocycles. The number of benzene rings is 1. The number of halogens is 1. The first kappa shape index (κ1) is 18.3. The minimum Gasteiger partial charge on any atom is -0.341 e. The summed E-state index contributed by atoms with van der Waals surface area (Å²) in [7, 11) is 0. The van der Waals surface area contributed by atoms with Gasteiger partial charge in [-0.3, -0.25) is 4.79 Å². The van der Waals surface area contributed by atoms with Crippen molar-refractivity contribution in [2.45, 2.75) is 44.6 Å². The highest BCUT2D eigenvalue weighted by atomic mass is 35.5. The van der Waals surface area contributed by atoms with E-state index >= 15 is 0 Å². The van der Waals surface area contributed by atoms with Gasteiger partial charge >= 0.3 is 0 Å². The number of hydrogen-bond donors (Lipinski definition) is 0. The zero-order valence-electron chi connectivity index (χ0n) is 16.8. The van der Waals surface area contributed by atoms with E-state index in [0.717, 1.165) is 54.9 Å². The molecule has 2 aromatic heterocycles. The molecule has 6 rings (SSSR count). The number of hydrogen-bond acceptors (Lipinski definition) is 4. The lowest BCUT2D eigenvalue weighted by Crippen LogP contribution is -2.32. The van der Waals surface area contributed by atoms with Crippen LogP contribution in [0.2, 0.25) is 5.02 Å². The molecule has 1 saturated heterocycles. The third kappa shape index (κ3) is 3.18. The largest absolute Gasteiger partial charge is 0.341 e. The Hall–Kier alpha value is -2.47. The Kier molecular flexibility index (Phi) is 4.30. The van der Waals surface area contributed by atoms with Crippen molar-refractivity contribution >= 4 is 28.5 Å². The molecular weight excluding hydrogens is 398 g/mol. The van der Waals surface area contributed by atoms with E-state index in [2.05, 4.69) is 10.2 Å². The lowest BCUT2D eigenvalue weighted by Gasteiger charge is -2.16. The van der Waals surface area contributed by atoms with Crippen molar-refractivity contribution in [3.8, 4) is 11.3 Å². The molecule has 2 aliphatic carbocycles. The zero-order chi connectivity index (χ0) is 20.2. The van der Waals surface area contributed by atoms with Gasteiger partial charge in [-0.25, -0.2) is 4.68 Å².